The molecule has 3 heterocycles. The summed E-state index contributed by atoms with van der Waals surface area (Å²) in [5, 5.41) is 11.2. The number of nitrogens with zero attached hydrogens (tertiary/aromatic N) is 2. The highest BCUT2D eigenvalue weighted by molar-refractivity contribution is 7.18. The van der Waals surface area contributed by atoms with E-state index in [1.165, 1.54) is 11.3 Å². The van der Waals surface area contributed by atoms with Gasteiger partial charge in [0.25, 0.3) is 0 Å². The monoisotopic (exact) mass is 283 g/mol. The minimum atomic E-state index is 0.558. The van der Waals surface area contributed by atoms with Crippen molar-refractivity contribution in [2.45, 2.75) is 0 Å². The molecule has 0 aliphatic carbocycles. The van der Waals surface area contributed by atoms with Crippen molar-refractivity contribution >= 4 is 28.4 Å². The minimum absolute atomic E-state index is 0.558. The van der Waals surface area contributed by atoms with Crippen LogP contribution < -0.4 is 5.73 Å². The molecule has 0 unspecified atom stereocenters. The van der Waals surface area contributed by atoms with Gasteiger partial charge >= 0.3 is 0 Å². The van der Waals surface area contributed by atoms with Gasteiger partial charge in [-0.05, 0) is 17.5 Å². The number of hydrogen-bond acceptors (Lipinski definition) is 5. The smallest absolute Gasteiger partial charge is 0.129 e. The number of hydrogen-bond donors (Lipinski definition) is 1. The number of anilines is 1. The van der Waals surface area contributed by atoms with E-state index in [0.717, 1.165) is 20.9 Å². The molecule has 0 aliphatic rings. The van der Waals surface area contributed by atoms with Crippen molar-refractivity contribution in [2.75, 3.05) is 5.73 Å². The van der Waals surface area contributed by atoms with Gasteiger partial charge in [-0.1, -0.05) is 12.1 Å². The van der Waals surface area contributed by atoms with Crippen molar-refractivity contribution in [3.63, 3.8) is 0 Å². The van der Waals surface area contributed by atoms with E-state index in [2.05, 4.69) is 11.1 Å². The van der Waals surface area contributed by atoms with Crippen LogP contribution in [0.1, 0.15) is 4.88 Å². The molecule has 0 saturated carbocycles. The number of pyridine rings is 1. The standard InChI is InChI=1S/C14H9N3S2/c15-7-11-13(16)12(10-4-2-6-18-10)14(19-11)9-3-1-5-17-8-9/h1-6,8H,16H2. The van der Waals surface area contributed by atoms with Gasteiger partial charge in [-0.25, -0.2) is 0 Å². The number of thiophene rings is 2. The summed E-state index contributed by atoms with van der Waals surface area (Å²) in [7, 11) is 0. The Bertz CT molecular complexity index is 737. The van der Waals surface area contributed by atoms with Crippen LogP contribution in [0.5, 0.6) is 0 Å². The first-order chi connectivity index (χ1) is 9.31. The maximum absolute atomic E-state index is 9.17. The Balaban J connectivity index is 2.28. The molecule has 0 bridgehead atoms. The lowest BCUT2D eigenvalue weighted by Gasteiger charge is -2.02. The average molecular weight is 283 g/mol. The van der Waals surface area contributed by atoms with Crippen LogP contribution in [0.3, 0.4) is 0 Å². The number of nitrogen functional groups attached to an aromatic ring is 1. The third kappa shape index (κ3) is 2.01. The maximum atomic E-state index is 9.17. The quantitative estimate of drug-likeness (QED) is 0.773. The van der Waals surface area contributed by atoms with E-state index < -0.39 is 0 Å². The molecule has 3 nitrogen and oxygen atoms in total. The predicted octanol–water partition coefficient (Wildman–Crippen LogP) is 3.99. The van der Waals surface area contributed by atoms with Crippen molar-refractivity contribution in [2.24, 2.45) is 0 Å². The lowest BCUT2D eigenvalue weighted by atomic mass is 10.1. The molecule has 3 rings (SSSR count). The molecule has 2 N–H and O–H groups in total. The van der Waals surface area contributed by atoms with E-state index >= 15 is 0 Å². The topological polar surface area (TPSA) is 62.7 Å². The number of nitrogens with two attached hydrogens (primary N) is 1. The summed E-state index contributed by atoms with van der Waals surface area (Å²) in [6.45, 7) is 0. The van der Waals surface area contributed by atoms with E-state index in [9.17, 15) is 0 Å². The van der Waals surface area contributed by atoms with Gasteiger partial charge in [-0.2, -0.15) is 5.26 Å². The number of rotatable bonds is 2. The first-order valence-electron chi connectivity index (χ1n) is 5.58. The van der Waals surface area contributed by atoms with Crippen LogP contribution in [0.15, 0.2) is 42.0 Å². The Morgan fingerprint density at radius 2 is 2.16 bits per heavy atom. The largest absolute Gasteiger partial charge is 0.396 e. The molecule has 19 heavy (non-hydrogen) atoms. The first kappa shape index (κ1) is 11.9. The SMILES string of the molecule is N#Cc1sc(-c2cccnc2)c(-c2cccs2)c1N. The van der Waals surface area contributed by atoms with E-state index in [1.807, 2.05) is 29.6 Å². The molecule has 3 aromatic heterocycles. The molecule has 0 amide bonds. The molecule has 92 valence electrons. The van der Waals surface area contributed by atoms with Gasteiger partial charge in [0.05, 0.1) is 5.69 Å². The van der Waals surface area contributed by atoms with E-state index in [1.54, 1.807) is 23.7 Å². The molecule has 0 aliphatic heterocycles. The summed E-state index contributed by atoms with van der Waals surface area (Å²) >= 11 is 3.04. The van der Waals surface area contributed by atoms with Crippen LogP contribution in [-0.4, -0.2) is 4.98 Å². The Hall–Kier alpha value is -2.16. The van der Waals surface area contributed by atoms with E-state index in [-0.39, 0.29) is 0 Å². The molecule has 3 aromatic rings. The Labute approximate surface area is 118 Å². The molecule has 5 heteroatoms. The summed E-state index contributed by atoms with van der Waals surface area (Å²) in [5.41, 5.74) is 8.62. The highest BCUT2D eigenvalue weighted by atomic mass is 32.1. The summed E-state index contributed by atoms with van der Waals surface area (Å²) in [4.78, 5) is 6.77. The van der Waals surface area contributed by atoms with Crippen molar-refractivity contribution in [3.8, 4) is 27.0 Å². The van der Waals surface area contributed by atoms with Crippen molar-refractivity contribution in [1.29, 1.82) is 5.26 Å². The summed E-state index contributed by atoms with van der Waals surface area (Å²) < 4.78 is 0. The predicted molar refractivity (Wildman–Crippen MR) is 80.0 cm³/mol. The lowest BCUT2D eigenvalue weighted by molar-refractivity contribution is 1.33. The van der Waals surface area contributed by atoms with Crippen LogP contribution in [0, 0.1) is 11.3 Å². The van der Waals surface area contributed by atoms with E-state index in [0.29, 0.717) is 10.6 Å². The minimum Gasteiger partial charge on any atom is -0.396 e. The zero-order valence-corrected chi connectivity index (χ0v) is 11.5. The molecule has 0 aromatic carbocycles. The second-order valence-electron chi connectivity index (χ2n) is 3.88. The van der Waals surface area contributed by atoms with Gasteiger partial charge < -0.3 is 5.73 Å². The number of aromatic nitrogens is 1. The Kier molecular flexibility index (Phi) is 3.03. The molecule has 0 radical (unpaired) electrons. The molecule has 0 spiro atoms. The van der Waals surface area contributed by atoms with E-state index in [4.69, 9.17) is 11.0 Å². The molecule has 0 fully saturated rings. The maximum Gasteiger partial charge on any atom is 0.129 e. The Morgan fingerprint density at radius 3 is 2.79 bits per heavy atom. The van der Waals surface area contributed by atoms with Gasteiger partial charge in [0.1, 0.15) is 10.9 Å². The highest BCUT2D eigenvalue weighted by Gasteiger charge is 2.19. The average Bonchev–Trinajstić information content (AvgIpc) is 3.07. The van der Waals surface area contributed by atoms with Crippen molar-refractivity contribution in [1.82, 2.24) is 4.98 Å². The number of nitriles is 1. The van der Waals surface area contributed by atoms with Crippen LogP contribution in [-0.2, 0) is 0 Å². The van der Waals surface area contributed by atoms with Crippen LogP contribution >= 0.6 is 22.7 Å². The van der Waals surface area contributed by atoms with Gasteiger partial charge in [-0.15, -0.1) is 22.7 Å². The molecular weight excluding hydrogens is 274 g/mol. The van der Waals surface area contributed by atoms with Crippen molar-refractivity contribution < 1.29 is 0 Å². The van der Waals surface area contributed by atoms with Gasteiger partial charge in [0.15, 0.2) is 0 Å². The normalized spacial score (nSPS) is 10.3. The second-order valence-corrected chi connectivity index (χ2v) is 5.85. The van der Waals surface area contributed by atoms with Crippen molar-refractivity contribution in [3.05, 3.63) is 46.9 Å². The first-order valence-corrected chi connectivity index (χ1v) is 7.27. The van der Waals surface area contributed by atoms with Gasteiger partial charge in [-0.3, -0.25) is 4.98 Å². The fraction of sp³-hybridized carbons (Fsp3) is 0. The Morgan fingerprint density at radius 1 is 1.26 bits per heavy atom. The van der Waals surface area contributed by atoms with Crippen LogP contribution in [0.4, 0.5) is 5.69 Å². The summed E-state index contributed by atoms with van der Waals surface area (Å²) in [5.74, 6) is 0. The fourth-order valence-electron chi connectivity index (χ4n) is 1.89. The molecular formula is C14H9N3S2. The van der Waals surface area contributed by atoms with Gasteiger partial charge in [0.2, 0.25) is 0 Å². The zero-order chi connectivity index (χ0) is 13.2. The third-order valence-corrected chi connectivity index (χ3v) is 4.78. The fourth-order valence-corrected chi connectivity index (χ4v) is 3.77. The highest BCUT2D eigenvalue weighted by Crippen LogP contribution is 2.45. The lowest BCUT2D eigenvalue weighted by Crippen LogP contribution is -1.87. The summed E-state index contributed by atoms with van der Waals surface area (Å²) in [6, 6.07) is 10.0. The molecule has 0 saturated heterocycles. The van der Waals surface area contributed by atoms with Crippen LogP contribution in [0.2, 0.25) is 0 Å². The van der Waals surface area contributed by atoms with Crippen LogP contribution in [0.25, 0.3) is 20.9 Å². The van der Waals surface area contributed by atoms with Gasteiger partial charge in [0, 0.05) is 33.3 Å². The zero-order valence-electron chi connectivity index (χ0n) is 9.83. The third-order valence-electron chi connectivity index (χ3n) is 2.74. The second kappa shape index (κ2) is 4.84. The molecule has 0 atom stereocenters. The summed E-state index contributed by atoms with van der Waals surface area (Å²) in [6.07, 6.45) is 3.53.